The van der Waals surface area contributed by atoms with Crippen LogP contribution in [0.1, 0.15) is 44.6 Å². The van der Waals surface area contributed by atoms with Gasteiger partial charge in [-0.1, -0.05) is 12.2 Å². The van der Waals surface area contributed by atoms with Crippen molar-refractivity contribution in [3.05, 3.63) is 36.2 Å². The highest BCUT2D eigenvalue weighted by molar-refractivity contribution is 5.75. The van der Waals surface area contributed by atoms with E-state index in [0.717, 1.165) is 45.3 Å². The summed E-state index contributed by atoms with van der Waals surface area (Å²) in [5.74, 6) is 1.12. The fourth-order valence-corrected chi connectivity index (χ4v) is 5.34. The molecule has 4 rings (SSSR count). The van der Waals surface area contributed by atoms with Crippen LogP contribution in [0.25, 0.3) is 0 Å². The highest BCUT2D eigenvalue weighted by Crippen LogP contribution is 2.55. The maximum atomic E-state index is 12.2. The van der Waals surface area contributed by atoms with Crippen molar-refractivity contribution in [1.29, 1.82) is 0 Å². The van der Waals surface area contributed by atoms with Crippen LogP contribution in [-0.4, -0.2) is 42.2 Å². The number of aromatic nitrogens is 1. The van der Waals surface area contributed by atoms with Crippen molar-refractivity contribution in [2.24, 2.45) is 11.8 Å². The number of allylic oxidation sites excluding steroid dienone is 2. The number of hydrogen-bond acceptors (Lipinski definition) is 4. The third kappa shape index (κ3) is 3.49. The second-order valence-corrected chi connectivity index (χ2v) is 8.34. The van der Waals surface area contributed by atoms with Crippen molar-refractivity contribution < 1.29 is 9.53 Å². The van der Waals surface area contributed by atoms with Gasteiger partial charge in [-0.25, -0.2) is 0 Å². The lowest BCUT2D eigenvalue weighted by atomic mass is 9.73. The van der Waals surface area contributed by atoms with Crippen LogP contribution in [-0.2, 0) is 9.53 Å². The molecule has 3 aliphatic heterocycles. The molecule has 5 heteroatoms. The standard InChI is InChI=1S/C22H31N3O2/c1-3-4-5-6-7-21(26)24-13-17-18-14-25(19-9-11-23-12-16(19)2)15-22(18)10-8-20(17)27-22/h3-4,9,11-12,17-18,20H,5-8,10,13-15H2,1-2H3,(H,24,26)/b4-3+/t17-,18+,20+,22+/m0/s1. The van der Waals surface area contributed by atoms with E-state index in [-0.39, 0.29) is 11.5 Å². The van der Waals surface area contributed by atoms with Crippen molar-refractivity contribution in [1.82, 2.24) is 10.3 Å². The number of carbonyl (C=O) groups excluding carboxylic acids is 1. The molecule has 146 valence electrons. The lowest BCUT2D eigenvalue weighted by Gasteiger charge is -2.29. The Morgan fingerprint density at radius 2 is 2.41 bits per heavy atom. The van der Waals surface area contributed by atoms with Gasteiger partial charge in [0.2, 0.25) is 5.91 Å². The first kappa shape index (κ1) is 18.5. The first-order valence-electron chi connectivity index (χ1n) is 10.3. The first-order valence-corrected chi connectivity index (χ1v) is 10.3. The molecule has 4 atom stereocenters. The van der Waals surface area contributed by atoms with Crippen molar-refractivity contribution in [2.45, 2.75) is 57.7 Å². The second-order valence-electron chi connectivity index (χ2n) is 8.34. The minimum atomic E-state index is -0.0122. The van der Waals surface area contributed by atoms with Crippen molar-refractivity contribution in [2.75, 3.05) is 24.5 Å². The van der Waals surface area contributed by atoms with Crippen LogP contribution in [0.15, 0.2) is 30.6 Å². The molecule has 1 spiro atoms. The normalized spacial score (nSPS) is 31.6. The lowest BCUT2D eigenvalue weighted by Crippen LogP contribution is -2.41. The Hall–Kier alpha value is -1.88. The van der Waals surface area contributed by atoms with Crippen molar-refractivity contribution in [3.8, 4) is 0 Å². The minimum absolute atomic E-state index is 0.0122. The number of pyridine rings is 1. The van der Waals surface area contributed by atoms with E-state index in [4.69, 9.17) is 4.74 Å². The number of unbranched alkanes of at least 4 members (excludes halogenated alkanes) is 1. The Labute approximate surface area is 162 Å². The monoisotopic (exact) mass is 369 g/mol. The summed E-state index contributed by atoms with van der Waals surface area (Å²) in [6.07, 6.45) is 13.1. The molecule has 27 heavy (non-hydrogen) atoms. The predicted molar refractivity (Wildman–Crippen MR) is 107 cm³/mol. The summed E-state index contributed by atoms with van der Waals surface area (Å²) in [6, 6.07) is 2.11. The highest BCUT2D eigenvalue weighted by Gasteiger charge is 2.62. The zero-order valence-corrected chi connectivity index (χ0v) is 16.5. The summed E-state index contributed by atoms with van der Waals surface area (Å²) in [4.78, 5) is 18.9. The van der Waals surface area contributed by atoms with E-state index >= 15 is 0 Å². The number of nitrogens with zero attached hydrogens (tertiary/aromatic N) is 2. The molecule has 1 amide bonds. The maximum Gasteiger partial charge on any atom is 0.220 e. The molecular weight excluding hydrogens is 338 g/mol. The Balaban J connectivity index is 1.37. The van der Waals surface area contributed by atoms with Crippen molar-refractivity contribution in [3.63, 3.8) is 0 Å². The number of anilines is 1. The molecule has 0 radical (unpaired) electrons. The molecule has 1 aromatic rings. The van der Waals surface area contributed by atoms with E-state index in [1.54, 1.807) is 0 Å². The van der Waals surface area contributed by atoms with Gasteiger partial charge in [0.25, 0.3) is 0 Å². The third-order valence-electron chi connectivity index (χ3n) is 6.66. The molecule has 3 fully saturated rings. The van der Waals surface area contributed by atoms with E-state index in [2.05, 4.69) is 34.3 Å². The number of nitrogens with one attached hydrogen (secondary N) is 1. The molecule has 0 saturated carbocycles. The van der Waals surface area contributed by atoms with Gasteiger partial charge in [0, 0.05) is 56.0 Å². The highest BCUT2D eigenvalue weighted by atomic mass is 16.5. The van der Waals surface area contributed by atoms with Crippen LogP contribution in [0.5, 0.6) is 0 Å². The largest absolute Gasteiger partial charge is 0.369 e. The lowest BCUT2D eigenvalue weighted by molar-refractivity contribution is -0.121. The van der Waals surface area contributed by atoms with Crippen molar-refractivity contribution >= 4 is 11.6 Å². The van der Waals surface area contributed by atoms with Crippen LogP contribution in [0.3, 0.4) is 0 Å². The number of ether oxygens (including phenoxy) is 1. The zero-order chi connectivity index (χ0) is 18.9. The molecule has 0 unspecified atom stereocenters. The van der Waals surface area contributed by atoms with Crippen LogP contribution in [0.2, 0.25) is 0 Å². The topological polar surface area (TPSA) is 54.5 Å². The van der Waals surface area contributed by atoms with Gasteiger partial charge in [-0.05, 0) is 51.2 Å². The Morgan fingerprint density at radius 1 is 1.52 bits per heavy atom. The van der Waals surface area contributed by atoms with Gasteiger partial charge in [0.05, 0.1) is 11.7 Å². The predicted octanol–water partition coefficient (Wildman–Crippen LogP) is 3.24. The Bertz CT molecular complexity index is 719. The van der Waals surface area contributed by atoms with Gasteiger partial charge >= 0.3 is 0 Å². The van der Waals surface area contributed by atoms with E-state index in [1.807, 2.05) is 25.4 Å². The molecule has 0 aliphatic carbocycles. The number of fused-ring (bicyclic) bond motifs is 1. The smallest absolute Gasteiger partial charge is 0.220 e. The molecule has 2 bridgehead atoms. The number of rotatable bonds is 7. The third-order valence-corrected chi connectivity index (χ3v) is 6.66. The fraction of sp³-hybridized carbons (Fsp3) is 0.636. The van der Waals surface area contributed by atoms with Crippen LogP contribution >= 0.6 is 0 Å². The molecule has 4 heterocycles. The van der Waals surface area contributed by atoms with E-state index in [0.29, 0.717) is 24.4 Å². The SMILES string of the molecule is C/C=C/CCCC(=O)NC[C@H]1[C@H]2CN(c3ccncc3C)C[C@]23CC[C@H]1O3. The zero-order valence-electron chi connectivity index (χ0n) is 16.5. The summed E-state index contributed by atoms with van der Waals surface area (Å²) in [7, 11) is 0. The number of hydrogen-bond donors (Lipinski definition) is 1. The molecule has 0 aromatic carbocycles. The van der Waals surface area contributed by atoms with Gasteiger partial charge in [0.15, 0.2) is 0 Å². The molecule has 1 aromatic heterocycles. The van der Waals surface area contributed by atoms with Gasteiger partial charge in [0.1, 0.15) is 0 Å². The van der Waals surface area contributed by atoms with E-state index < -0.39 is 0 Å². The second kappa shape index (κ2) is 7.63. The summed E-state index contributed by atoms with van der Waals surface area (Å²) >= 11 is 0. The number of carbonyl (C=O) groups is 1. The molecule has 3 aliphatic rings. The summed E-state index contributed by atoms with van der Waals surface area (Å²) in [6.45, 7) is 6.87. The van der Waals surface area contributed by atoms with E-state index in [1.165, 1.54) is 11.3 Å². The summed E-state index contributed by atoms with van der Waals surface area (Å²) in [5.41, 5.74) is 2.48. The quantitative estimate of drug-likeness (QED) is 0.592. The number of aryl methyl sites for hydroxylation is 1. The number of amides is 1. The molecular formula is C22H31N3O2. The summed E-state index contributed by atoms with van der Waals surface area (Å²) < 4.78 is 6.52. The van der Waals surface area contributed by atoms with Crippen LogP contribution < -0.4 is 10.2 Å². The van der Waals surface area contributed by atoms with Crippen LogP contribution in [0.4, 0.5) is 5.69 Å². The molecule has 5 nitrogen and oxygen atoms in total. The van der Waals surface area contributed by atoms with Gasteiger partial charge in [-0.15, -0.1) is 0 Å². The fourth-order valence-electron chi connectivity index (χ4n) is 5.34. The average molecular weight is 370 g/mol. The molecule has 3 saturated heterocycles. The average Bonchev–Trinajstić information content (AvgIpc) is 3.32. The van der Waals surface area contributed by atoms with E-state index in [9.17, 15) is 4.79 Å². The van der Waals surface area contributed by atoms with Gasteiger partial charge in [-0.2, -0.15) is 0 Å². The molecule has 1 N–H and O–H groups in total. The summed E-state index contributed by atoms with van der Waals surface area (Å²) in [5, 5.41) is 3.19. The minimum Gasteiger partial charge on any atom is -0.369 e. The van der Waals surface area contributed by atoms with Gasteiger partial charge < -0.3 is 15.0 Å². The Kier molecular flexibility index (Phi) is 5.22. The first-order chi connectivity index (χ1) is 13.1. The Morgan fingerprint density at radius 3 is 3.22 bits per heavy atom. The van der Waals surface area contributed by atoms with Crippen LogP contribution in [0, 0.1) is 18.8 Å². The van der Waals surface area contributed by atoms with Gasteiger partial charge in [-0.3, -0.25) is 9.78 Å². The maximum absolute atomic E-state index is 12.2.